The molecule has 4 rings (SSSR count). The Morgan fingerprint density at radius 2 is 1.71 bits per heavy atom. The number of methoxy groups -OCH3 is 2. The summed E-state index contributed by atoms with van der Waals surface area (Å²) in [5.74, 6) is 0.795. The van der Waals surface area contributed by atoms with E-state index in [1.165, 1.54) is 0 Å². The SMILES string of the molecule is [C-]#[N+]c1ccc(COc2ccc(C(=O)Nc3ccc(N4CCC(OC)CC4)cc3)cc2OC)cc1. The van der Waals surface area contributed by atoms with Gasteiger partial charge in [0.25, 0.3) is 5.91 Å². The van der Waals surface area contributed by atoms with E-state index in [1.54, 1.807) is 44.6 Å². The normalized spacial score (nSPS) is 13.7. The van der Waals surface area contributed by atoms with Crippen molar-refractivity contribution in [2.75, 3.05) is 37.5 Å². The zero-order valence-corrected chi connectivity index (χ0v) is 20.0. The maximum Gasteiger partial charge on any atom is 0.255 e. The van der Waals surface area contributed by atoms with Crippen molar-refractivity contribution < 1.29 is 19.0 Å². The Kier molecular flexibility index (Phi) is 7.86. The number of benzene rings is 3. The number of carbonyl (C=O) groups excluding carboxylic acids is 1. The molecule has 0 atom stereocenters. The van der Waals surface area contributed by atoms with Crippen molar-refractivity contribution in [1.82, 2.24) is 0 Å². The highest BCUT2D eigenvalue weighted by molar-refractivity contribution is 6.04. The minimum atomic E-state index is -0.224. The van der Waals surface area contributed by atoms with Crippen LogP contribution in [0.15, 0.2) is 66.7 Å². The first kappa shape index (κ1) is 24.1. The van der Waals surface area contributed by atoms with Gasteiger partial charge in [-0.3, -0.25) is 4.79 Å². The van der Waals surface area contributed by atoms with Crippen LogP contribution in [0.3, 0.4) is 0 Å². The lowest BCUT2D eigenvalue weighted by Crippen LogP contribution is -2.36. The summed E-state index contributed by atoms with van der Waals surface area (Å²) in [4.78, 5) is 18.6. The summed E-state index contributed by atoms with van der Waals surface area (Å²) in [5, 5.41) is 2.95. The lowest BCUT2D eigenvalue weighted by Gasteiger charge is -2.33. The van der Waals surface area contributed by atoms with Gasteiger partial charge in [-0.15, -0.1) is 0 Å². The van der Waals surface area contributed by atoms with Gasteiger partial charge in [-0.25, -0.2) is 4.85 Å². The Hall–Kier alpha value is -4.02. The second-order valence-electron chi connectivity index (χ2n) is 8.36. The standard InChI is InChI=1S/C28H29N3O4/c1-29-22-7-4-20(5-8-22)19-35-26-13-6-21(18-27(26)34-3)28(32)30-23-9-11-24(12-10-23)31-16-14-25(33-2)15-17-31/h4-13,18,25H,14-17,19H2,2-3H3,(H,30,32). The van der Waals surface area contributed by atoms with E-state index < -0.39 is 0 Å². The van der Waals surface area contributed by atoms with Crippen LogP contribution in [-0.2, 0) is 11.3 Å². The van der Waals surface area contributed by atoms with E-state index in [0.29, 0.717) is 35.5 Å². The highest BCUT2D eigenvalue weighted by atomic mass is 16.5. The zero-order chi connectivity index (χ0) is 24.6. The summed E-state index contributed by atoms with van der Waals surface area (Å²) in [6.45, 7) is 9.29. The molecule has 180 valence electrons. The molecule has 0 unspecified atom stereocenters. The molecule has 0 aromatic heterocycles. The average Bonchev–Trinajstić information content (AvgIpc) is 2.92. The van der Waals surface area contributed by atoms with E-state index in [-0.39, 0.29) is 5.91 Å². The van der Waals surface area contributed by atoms with Crippen LogP contribution in [0.5, 0.6) is 11.5 Å². The molecule has 0 aliphatic carbocycles. The summed E-state index contributed by atoms with van der Waals surface area (Å²) in [5.41, 5.74) is 3.87. The number of anilines is 2. The summed E-state index contributed by atoms with van der Waals surface area (Å²) in [7, 11) is 3.31. The molecule has 3 aromatic carbocycles. The van der Waals surface area contributed by atoms with E-state index in [9.17, 15) is 4.79 Å². The quantitative estimate of drug-likeness (QED) is 0.428. The Balaban J connectivity index is 1.36. The van der Waals surface area contributed by atoms with Gasteiger partial charge in [0.05, 0.1) is 19.8 Å². The van der Waals surface area contributed by atoms with Crippen LogP contribution in [0, 0.1) is 6.57 Å². The van der Waals surface area contributed by atoms with Crippen molar-refractivity contribution in [3.8, 4) is 11.5 Å². The van der Waals surface area contributed by atoms with Crippen molar-refractivity contribution >= 4 is 23.0 Å². The minimum absolute atomic E-state index is 0.224. The Morgan fingerprint density at radius 3 is 2.34 bits per heavy atom. The topological polar surface area (TPSA) is 64.4 Å². The van der Waals surface area contributed by atoms with Crippen LogP contribution in [0.1, 0.15) is 28.8 Å². The maximum absolute atomic E-state index is 12.8. The molecule has 1 aliphatic heterocycles. The number of hydrogen-bond acceptors (Lipinski definition) is 5. The van der Waals surface area contributed by atoms with Gasteiger partial charge in [0.1, 0.15) is 6.61 Å². The van der Waals surface area contributed by atoms with Crippen LogP contribution in [0.4, 0.5) is 17.1 Å². The number of nitrogens with zero attached hydrogens (tertiary/aromatic N) is 2. The molecule has 1 fully saturated rings. The van der Waals surface area contributed by atoms with Crippen LogP contribution >= 0.6 is 0 Å². The zero-order valence-electron chi connectivity index (χ0n) is 20.0. The van der Waals surface area contributed by atoms with Gasteiger partial charge >= 0.3 is 0 Å². The smallest absolute Gasteiger partial charge is 0.255 e. The van der Waals surface area contributed by atoms with E-state index in [0.717, 1.165) is 42.9 Å². The van der Waals surface area contributed by atoms with Gasteiger partial charge in [-0.2, -0.15) is 0 Å². The van der Waals surface area contributed by atoms with Gasteiger partial charge in [-0.1, -0.05) is 24.3 Å². The molecular formula is C28H29N3O4. The second-order valence-corrected chi connectivity index (χ2v) is 8.36. The van der Waals surface area contributed by atoms with Crippen molar-refractivity contribution in [2.45, 2.75) is 25.6 Å². The molecule has 1 N–H and O–H groups in total. The molecule has 0 saturated carbocycles. The maximum atomic E-state index is 12.8. The van der Waals surface area contributed by atoms with Gasteiger partial charge < -0.3 is 24.4 Å². The fourth-order valence-corrected chi connectivity index (χ4v) is 4.06. The summed E-state index contributed by atoms with van der Waals surface area (Å²) in [6.07, 6.45) is 2.38. The second kappa shape index (κ2) is 11.4. The molecule has 7 nitrogen and oxygen atoms in total. The summed E-state index contributed by atoms with van der Waals surface area (Å²) >= 11 is 0. The average molecular weight is 472 g/mol. The fourth-order valence-electron chi connectivity index (χ4n) is 4.06. The lowest BCUT2D eigenvalue weighted by atomic mass is 10.1. The molecular weight excluding hydrogens is 442 g/mol. The molecule has 35 heavy (non-hydrogen) atoms. The van der Waals surface area contributed by atoms with Crippen molar-refractivity contribution in [3.05, 3.63) is 89.3 Å². The first-order valence-electron chi connectivity index (χ1n) is 11.6. The first-order valence-corrected chi connectivity index (χ1v) is 11.6. The first-order chi connectivity index (χ1) is 17.1. The molecule has 1 heterocycles. The molecule has 3 aromatic rings. The van der Waals surface area contributed by atoms with Gasteiger partial charge in [0.15, 0.2) is 17.2 Å². The van der Waals surface area contributed by atoms with Crippen LogP contribution in [0.25, 0.3) is 4.85 Å². The van der Waals surface area contributed by atoms with Crippen molar-refractivity contribution in [3.63, 3.8) is 0 Å². The molecule has 0 bridgehead atoms. The van der Waals surface area contributed by atoms with Gasteiger partial charge in [0.2, 0.25) is 0 Å². The third-order valence-corrected chi connectivity index (χ3v) is 6.15. The van der Waals surface area contributed by atoms with E-state index in [2.05, 4.69) is 15.1 Å². The Labute approximate surface area is 206 Å². The third kappa shape index (κ3) is 6.11. The monoisotopic (exact) mass is 471 g/mol. The molecule has 7 heteroatoms. The third-order valence-electron chi connectivity index (χ3n) is 6.15. The van der Waals surface area contributed by atoms with Gasteiger partial charge in [-0.05, 0) is 60.9 Å². The van der Waals surface area contributed by atoms with Crippen LogP contribution in [0.2, 0.25) is 0 Å². The molecule has 1 amide bonds. The van der Waals surface area contributed by atoms with E-state index in [4.69, 9.17) is 20.8 Å². The number of amides is 1. The number of carbonyl (C=O) groups is 1. The highest BCUT2D eigenvalue weighted by Crippen LogP contribution is 2.30. The molecule has 1 saturated heterocycles. The molecule has 0 spiro atoms. The molecule has 1 aliphatic rings. The van der Waals surface area contributed by atoms with Crippen LogP contribution in [-0.4, -0.2) is 39.3 Å². The largest absolute Gasteiger partial charge is 0.493 e. The molecule has 0 radical (unpaired) electrons. The number of hydrogen-bond donors (Lipinski definition) is 1. The van der Waals surface area contributed by atoms with Gasteiger partial charge in [0, 0.05) is 37.1 Å². The predicted molar refractivity (Wildman–Crippen MR) is 137 cm³/mol. The fraction of sp³-hybridized carbons (Fsp3) is 0.286. The minimum Gasteiger partial charge on any atom is -0.493 e. The van der Waals surface area contributed by atoms with E-state index >= 15 is 0 Å². The lowest BCUT2D eigenvalue weighted by molar-refractivity contribution is 0.0819. The van der Waals surface area contributed by atoms with Crippen molar-refractivity contribution in [1.29, 1.82) is 0 Å². The van der Waals surface area contributed by atoms with E-state index in [1.807, 2.05) is 36.4 Å². The Morgan fingerprint density at radius 1 is 1.00 bits per heavy atom. The number of piperidine rings is 1. The Bertz CT molecular complexity index is 1180. The van der Waals surface area contributed by atoms with Crippen molar-refractivity contribution in [2.24, 2.45) is 0 Å². The highest BCUT2D eigenvalue weighted by Gasteiger charge is 2.19. The summed E-state index contributed by atoms with van der Waals surface area (Å²) < 4.78 is 16.8. The predicted octanol–water partition coefficient (Wildman–Crippen LogP) is 5.69. The number of rotatable bonds is 8. The number of nitrogens with one attached hydrogen (secondary N) is 1. The number of ether oxygens (including phenoxy) is 3. The van der Waals surface area contributed by atoms with Crippen LogP contribution < -0.4 is 19.7 Å². The summed E-state index contributed by atoms with van der Waals surface area (Å²) in [6, 6.07) is 20.2.